The number of morpholine rings is 1. The Balaban J connectivity index is 2.62. The van der Waals surface area contributed by atoms with Crippen molar-refractivity contribution < 1.29 is 14.3 Å². The summed E-state index contributed by atoms with van der Waals surface area (Å²) >= 11 is 0. The monoisotopic (exact) mass is 225 g/mol. The fourth-order valence-electron chi connectivity index (χ4n) is 1.44. The minimum Gasteiger partial charge on any atom is -0.444 e. The van der Waals surface area contributed by atoms with Crippen LogP contribution in [0.3, 0.4) is 0 Å². The number of hydrogen-bond donors (Lipinski definition) is 0. The van der Waals surface area contributed by atoms with Crippen LogP contribution >= 0.6 is 0 Å². The Hall–Kier alpha value is -1.21. The number of terminal acetylenes is 1. The first-order valence-corrected chi connectivity index (χ1v) is 5.35. The van der Waals surface area contributed by atoms with Crippen LogP contribution in [0.15, 0.2) is 0 Å². The first-order valence-electron chi connectivity index (χ1n) is 5.35. The number of hydrogen-bond acceptors (Lipinski definition) is 3. The molecule has 1 atom stereocenters. The summed E-state index contributed by atoms with van der Waals surface area (Å²) < 4.78 is 10.7. The minimum absolute atomic E-state index is 0.336. The molecule has 90 valence electrons. The van der Waals surface area contributed by atoms with Crippen molar-refractivity contribution in [3.8, 4) is 12.3 Å². The highest BCUT2D eigenvalue weighted by atomic mass is 16.6. The first-order chi connectivity index (χ1) is 7.26. The third kappa shape index (κ3) is 3.42. The molecule has 1 amide bonds. The Kier molecular flexibility index (Phi) is 3.49. The van der Waals surface area contributed by atoms with Crippen LogP contribution in [-0.2, 0) is 9.47 Å². The lowest BCUT2D eigenvalue weighted by Crippen LogP contribution is -2.52. The van der Waals surface area contributed by atoms with Gasteiger partial charge in [0, 0.05) is 6.54 Å². The number of carbonyl (C=O) groups is 1. The standard InChI is InChI=1S/C12H19NO3/c1-6-12(5)9-13(7-8-15-12)10(14)16-11(2,3)4/h1H,7-9H2,2-5H3. The van der Waals surface area contributed by atoms with Gasteiger partial charge in [0.05, 0.1) is 13.2 Å². The smallest absolute Gasteiger partial charge is 0.410 e. The molecule has 0 aromatic rings. The molecule has 1 aliphatic rings. The van der Waals surface area contributed by atoms with Crippen LogP contribution < -0.4 is 0 Å². The summed E-state index contributed by atoms with van der Waals surface area (Å²) in [5.74, 6) is 2.56. The van der Waals surface area contributed by atoms with E-state index in [0.717, 1.165) is 0 Å². The Morgan fingerprint density at radius 3 is 2.69 bits per heavy atom. The van der Waals surface area contributed by atoms with Crippen molar-refractivity contribution in [1.29, 1.82) is 0 Å². The quantitative estimate of drug-likeness (QED) is 0.588. The second-order valence-corrected chi connectivity index (χ2v) is 5.13. The molecular formula is C12H19NO3. The normalized spacial score (nSPS) is 26.1. The molecule has 0 radical (unpaired) electrons. The van der Waals surface area contributed by atoms with Crippen molar-refractivity contribution in [2.75, 3.05) is 19.7 Å². The van der Waals surface area contributed by atoms with E-state index in [1.165, 1.54) is 0 Å². The van der Waals surface area contributed by atoms with Gasteiger partial charge in [-0.1, -0.05) is 5.92 Å². The van der Waals surface area contributed by atoms with E-state index >= 15 is 0 Å². The van der Waals surface area contributed by atoms with E-state index in [2.05, 4.69) is 5.92 Å². The van der Waals surface area contributed by atoms with E-state index in [1.807, 2.05) is 20.8 Å². The molecule has 16 heavy (non-hydrogen) atoms. The first kappa shape index (κ1) is 12.9. The van der Waals surface area contributed by atoms with Crippen LogP contribution in [0.5, 0.6) is 0 Å². The molecule has 1 fully saturated rings. The van der Waals surface area contributed by atoms with Gasteiger partial charge in [0.1, 0.15) is 11.2 Å². The van der Waals surface area contributed by atoms with Gasteiger partial charge in [-0.25, -0.2) is 4.79 Å². The lowest BCUT2D eigenvalue weighted by atomic mass is 10.1. The van der Waals surface area contributed by atoms with Crippen LogP contribution in [0.2, 0.25) is 0 Å². The molecule has 0 aromatic heterocycles. The van der Waals surface area contributed by atoms with Crippen LogP contribution in [0.4, 0.5) is 4.79 Å². The zero-order valence-electron chi connectivity index (χ0n) is 10.4. The summed E-state index contributed by atoms with van der Waals surface area (Å²) in [6.07, 6.45) is 5.04. The van der Waals surface area contributed by atoms with Gasteiger partial charge in [0.25, 0.3) is 0 Å². The van der Waals surface area contributed by atoms with E-state index in [1.54, 1.807) is 11.8 Å². The second kappa shape index (κ2) is 4.34. The molecule has 1 unspecified atom stereocenters. The highest BCUT2D eigenvalue weighted by Crippen LogP contribution is 2.18. The molecule has 0 spiro atoms. The maximum Gasteiger partial charge on any atom is 0.410 e. The van der Waals surface area contributed by atoms with E-state index < -0.39 is 11.2 Å². The Morgan fingerprint density at radius 1 is 1.56 bits per heavy atom. The molecule has 1 heterocycles. The predicted octanol–water partition coefficient (Wildman–Crippen LogP) is 1.65. The largest absolute Gasteiger partial charge is 0.444 e. The molecule has 1 saturated heterocycles. The molecular weight excluding hydrogens is 206 g/mol. The highest BCUT2D eigenvalue weighted by molar-refractivity contribution is 5.68. The van der Waals surface area contributed by atoms with Gasteiger partial charge in [0.2, 0.25) is 0 Å². The number of nitrogens with zero attached hydrogens (tertiary/aromatic N) is 1. The van der Waals surface area contributed by atoms with E-state index in [-0.39, 0.29) is 6.09 Å². The second-order valence-electron chi connectivity index (χ2n) is 5.13. The van der Waals surface area contributed by atoms with Gasteiger partial charge < -0.3 is 14.4 Å². The average Bonchev–Trinajstić information content (AvgIpc) is 2.15. The summed E-state index contributed by atoms with van der Waals surface area (Å²) in [6, 6.07) is 0. The van der Waals surface area contributed by atoms with Crippen molar-refractivity contribution in [2.45, 2.75) is 38.9 Å². The number of carbonyl (C=O) groups excluding carboxylic acids is 1. The number of rotatable bonds is 0. The lowest BCUT2D eigenvalue weighted by molar-refractivity contribution is -0.0670. The molecule has 1 aliphatic heterocycles. The van der Waals surface area contributed by atoms with Crippen molar-refractivity contribution in [1.82, 2.24) is 4.90 Å². The molecule has 4 heteroatoms. The lowest BCUT2D eigenvalue weighted by Gasteiger charge is -2.37. The third-order valence-corrected chi connectivity index (χ3v) is 2.23. The third-order valence-electron chi connectivity index (χ3n) is 2.23. The number of ether oxygens (including phenoxy) is 2. The van der Waals surface area contributed by atoms with E-state index in [9.17, 15) is 4.79 Å². The summed E-state index contributed by atoms with van der Waals surface area (Å²) in [5.41, 5.74) is -1.18. The topological polar surface area (TPSA) is 38.8 Å². The van der Waals surface area contributed by atoms with Crippen LogP contribution in [0, 0.1) is 12.3 Å². The molecule has 0 saturated carbocycles. The van der Waals surface area contributed by atoms with Crippen LogP contribution in [-0.4, -0.2) is 41.9 Å². The maximum atomic E-state index is 11.8. The zero-order chi connectivity index (χ0) is 12.4. The summed E-state index contributed by atoms with van der Waals surface area (Å²) in [4.78, 5) is 13.4. The van der Waals surface area contributed by atoms with Gasteiger partial charge >= 0.3 is 6.09 Å². The van der Waals surface area contributed by atoms with Gasteiger partial charge in [-0.3, -0.25) is 0 Å². The summed E-state index contributed by atoms with van der Waals surface area (Å²) in [7, 11) is 0. The SMILES string of the molecule is C#CC1(C)CN(C(=O)OC(C)(C)C)CCO1. The van der Waals surface area contributed by atoms with Gasteiger partial charge in [-0.15, -0.1) is 6.42 Å². The van der Waals surface area contributed by atoms with E-state index in [0.29, 0.717) is 19.7 Å². The van der Waals surface area contributed by atoms with Gasteiger partial charge in [-0.05, 0) is 27.7 Å². The van der Waals surface area contributed by atoms with Gasteiger partial charge in [0.15, 0.2) is 0 Å². The highest BCUT2D eigenvalue weighted by Gasteiger charge is 2.34. The average molecular weight is 225 g/mol. The van der Waals surface area contributed by atoms with Crippen LogP contribution in [0.25, 0.3) is 0 Å². The summed E-state index contributed by atoms with van der Waals surface area (Å²) in [6.45, 7) is 8.65. The van der Waals surface area contributed by atoms with Gasteiger partial charge in [-0.2, -0.15) is 0 Å². The minimum atomic E-state index is -0.699. The fourth-order valence-corrected chi connectivity index (χ4v) is 1.44. The van der Waals surface area contributed by atoms with Crippen molar-refractivity contribution in [2.24, 2.45) is 0 Å². The maximum absolute atomic E-state index is 11.8. The number of amides is 1. The van der Waals surface area contributed by atoms with Crippen molar-refractivity contribution in [3.05, 3.63) is 0 Å². The Labute approximate surface area is 96.9 Å². The summed E-state index contributed by atoms with van der Waals surface area (Å²) in [5, 5.41) is 0. The zero-order valence-corrected chi connectivity index (χ0v) is 10.4. The molecule has 0 aromatic carbocycles. The molecule has 0 bridgehead atoms. The van der Waals surface area contributed by atoms with Crippen molar-refractivity contribution in [3.63, 3.8) is 0 Å². The Bertz CT molecular complexity index is 313. The van der Waals surface area contributed by atoms with E-state index in [4.69, 9.17) is 15.9 Å². The van der Waals surface area contributed by atoms with Crippen LogP contribution in [0.1, 0.15) is 27.7 Å². The predicted molar refractivity (Wildman–Crippen MR) is 61.0 cm³/mol. The molecule has 0 N–H and O–H groups in total. The molecule has 0 aliphatic carbocycles. The fraction of sp³-hybridized carbons (Fsp3) is 0.750. The Morgan fingerprint density at radius 2 is 2.19 bits per heavy atom. The molecule has 4 nitrogen and oxygen atoms in total. The van der Waals surface area contributed by atoms with Crippen molar-refractivity contribution >= 4 is 6.09 Å². The molecule has 1 rings (SSSR count).